The summed E-state index contributed by atoms with van der Waals surface area (Å²) in [6.45, 7) is 7.37. The average molecular weight is 317 g/mol. The zero-order chi connectivity index (χ0) is 16.2. The number of benzene rings is 1. The molecule has 0 radical (unpaired) electrons. The maximum absolute atomic E-state index is 9.96. The molecule has 5 heteroatoms. The van der Waals surface area contributed by atoms with Gasteiger partial charge in [-0.05, 0) is 25.5 Å². The number of nitrogens with one attached hydrogen (secondary N) is 3. The van der Waals surface area contributed by atoms with Crippen LogP contribution in [0, 0.1) is 5.92 Å². The van der Waals surface area contributed by atoms with E-state index in [4.69, 9.17) is 0 Å². The van der Waals surface area contributed by atoms with Gasteiger partial charge in [0.15, 0.2) is 0 Å². The smallest absolute Gasteiger partial charge is 0.252 e. The van der Waals surface area contributed by atoms with Gasteiger partial charge in [0, 0.05) is 5.92 Å². The number of aliphatic hydroxyl groups is 1. The van der Waals surface area contributed by atoms with Gasteiger partial charge < -0.3 is 10.4 Å². The Hall–Kier alpha value is -1.43. The first-order chi connectivity index (χ1) is 11.2. The Kier molecular flexibility index (Phi) is 5.30. The predicted octanol–water partition coefficient (Wildman–Crippen LogP) is 0.668. The molecule has 5 nitrogen and oxygen atoms in total. The molecule has 1 aromatic carbocycles. The van der Waals surface area contributed by atoms with Gasteiger partial charge in [-0.3, -0.25) is 15.2 Å². The Morgan fingerprint density at radius 2 is 2.09 bits per heavy atom. The highest BCUT2D eigenvalue weighted by molar-refractivity contribution is 5.81. The van der Waals surface area contributed by atoms with E-state index >= 15 is 0 Å². The van der Waals surface area contributed by atoms with E-state index in [0.29, 0.717) is 12.1 Å². The fraction of sp³-hybridized carbons (Fsp3) is 0.611. The van der Waals surface area contributed by atoms with Crippen molar-refractivity contribution in [3.8, 4) is 0 Å². The van der Waals surface area contributed by atoms with Crippen LogP contribution in [-0.2, 0) is 0 Å². The molecule has 3 rings (SSSR count). The van der Waals surface area contributed by atoms with Crippen molar-refractivity contribution in [1.82, 2.24) is 16.0 Å². The Bertz CT molecular complexity index is 545. The molecule has 4 N–H and O–H groups in total. The maximum Gasteiger partial charge on any atom is 0.252 e. The number of nitrogens with zero attached hydrogens (tertiary/aromatic N) is 1. The largest absolute Gasteiger partial charge is 0.392 e. The lowest BCUT2D eigenvalue weighted by molar-refractivity contribution is -0.540. The molecular weight excluding hydrogens is 288 g/mol. The molecule has 0 bridgehead atoms. The SMILES string of the molecule is CC[N+]1=C(NC(CO)C(C)c2ccccc2)C2CCNC2NC1. The van der Waals surface area contributed by atoms with Gasteiger partial charge in [0.25, 0.3) is 5.84 Å². The van der Waals surface area contributed by atoms with E-state index < -0.39 is 0 Å². The van der Waals surface area contributed by atoms with E-state index in [1.165, 1.54) is 11.4 Å². The highest BCUT2D eigenvalue weighted by atomic mass is 16.3. The van der Waals surface area contributed by atoms with E-state index in [0.717, 1.165) is 26.2 Å². The van der Waals surface area contributed by atoms with Crippen molar-refractivity contribution in [2.45, 2.75) is 38.4 Å². The molecule has 23 heavy (non-hydrogen) atoms. The first-order valence-electron chi connectivity index (χ1n) is 8.75. The Balaban J connectivity index is 1.80. The molecule has 4 unspecified atom stereocenters. The van der Waals surface area contributed by atoms with Crippen LogP contribution < -0.4 is 16.0 Å². The molecule has 1 aromatic rings. The van der Waals surface area contributed by atoms with Gasteiger partial charge in [0.2, 0.25) is 0 Å². The van der Waals surface area contributed by atoms with Crippen molar-refractivity contribution in [1.29, 1.82) is 0 Å². The lowest BCUT2D eigenvalue weighted by atomic mass is 9.92. The highest BCUT2D eigenvalue weighted by Gasteiger charge is 2.41. The van der Waals surface area contributed by atoms with Gasteiger partial charge >= 0.3 is 0 Å². The van der Waals surface area contributed by atoms with Crippen molar-refractivity contribution in [2.24, 2.45) is 5.92 Å². The maximum atomic E-state index is 9.96. The monoisotopic (exact) mass is 317 g/mol. The number of fused-ring (bicyclic) bond motifs is 1. The molecule has 0 aliphatic carbocycles. The molecule has 2 aliphatic heterocycles. The van der Waals surface area contributed by atoms with Crippen LogP contribution in [0.2, 0.25) is 0 Å². The molecule has 2 heterocycles. The molecule has 1 saturated heterocycles. The molecule has 4 atom stereocenters. The number of hydrogen-bond acceptors (Lipinski definition) is 4. The first kappa shape index (κ1) is 16.4. The highest BCUT2D eigenvalue weighted by Crippen LogP contribution is 2.22. The topological polar surface area (TPSA) is 59.3 Å². The van der Waals surface area contributed by atoms with Gasteiger partial charge in [-0.25, -0.2) is 0 Å². The summed E-state index contributed by atoms with van der Waals surface area (Å²) in [5.41, 5.74) is 1.26. The summed E-state index contributed by atoms with van der Waals surface area (Å²) in [6, 6.07) is 10.5. The van der Waals surface area contributed by atoms with Gasteiger partial charge in [-0.2, -0.15) is 0 Å². The lowest BCUT2D eigenvalue weighted by Crippen LogP contribution is -2.59. The van der Waals surface area contributed by atoms with Gasteiger partial charge in [-0.1, -0.05) is 37.3 Å². The van der Waals surface area contributed by atoms with Crippen LogP contribution in [0.15, 0.2) is 30.3 Å². The van der Waals surface area contributed by atoms with Crippen molar-refractivity contribution < 1.29 is 9.68 Å². The summed E-state index contributed by atoms with van der Waals surface area (Å²) in [4.78, 5) is 0. The third-order valence-corrected chi connectivity index (χ3v) is 5.26. The fourth-order valence-corrected chi connectivity index (χ4v) is 3.73. The van der Waals surface area contributed by atoms with Gasteiger partial charge in [0.1, 0.15) is 12.7 Å². The van der Waals surface area contributed by atoms with E-state index in [2.05, 4.69) is 58.6 Å². The van der Waals surface area contributed by atoms with Crippen LogP contribution >= 0.6 is 0 Å². The minimum absolute atomic E-state index is 0.0285. The van der Waals surface area contributed by atoms with Crippen LogP contribution in [0.1, 0.15) is 31.7 Å². The number of rotatable bonds is 5. The summed E-state index contributed by atoms with van der Waals surface area (Å²) in [6.07, 6.45) is 1.49. The summed E-state index contributed by atoms with van der Waals surface area (Å²) >= 11 is 0. The van der Waals surface area contributed by atoms with Crippen LogP contribution in [0.3, 0.4) is 0 Å². The van der Waals surface area contributed by atoms with Crippen LogP contribution in [0.5, 0.6) is 0 Å². The van der Waals surface area contributed by atoms with Crippen LogP contribution in [0.25, 0.3) is 0 Å². The lowest BCUT2D eigenvalue weighted by Gasteiger charge is -2.31. The second-order valence-electron chi connectivity index (χ2n) is 6.56. The van der Waals surface area contributed by atoms with Crippen LogP contribution in [-0.4, -0.2) is 54.1 Å². The standard InChI is InChI=1S/C18H28N4O/c1-3-22-12-20-17-15(9-10-19-17)18(22)21-16(11-23)13(2)14-7-5-4-6-8-14/h4-8,13,15-17,19-20,23H,3,9-12H2,1-2H3/p+1. The normalized spacial score (nSPS) is 26.7. The van der Waals surface area contributed by atoms with Gasteiger partial charge in [-0.15, -0.1) is 0 Å². The van der Waals surface area contributed by atoms with E-state index in [1.54, 1.807) is 0 Å². The quantitative estimate of drug-likeness (QED) is 0.603. The third kappa shape index (κ3) is 3.42. The zero-order valence-electron chi connectivity index (χ0n) is 14.1. The molecule has 0 aromatic heterocycles. The third-order valence-electron chi connectivity index (χ3n) is 5.26. The van der Waals surface area contributed by atoms with Crippen LogP contribution in [0.4, 0.5) is 0 Å². The number of hydrogen-bond donors (Lipinski definition) is 4. The zero-order valence-corrected chi connectivity index (χ0v) is 14.1. The summed E-state index contributed by atoms with van der Waals surface area (Å²) in [7, 11) is 0. The number of amidine groups is 1. The molecule has 0 saturated carbocycles. The minimum atomic E-state index is 0.0285. The molecule has 2 aliphatic rings. The molecule has 126 valence electrons. The molecule has 1 fully saturated rings. The second kappa shape index (κ2) is 7.43. The van der Waals surface area contributed by atoms with Gasteiger partial charge in [0.05, 0.1) is 25.2 Å². The summed E-state index contributed by atoms with van der Waals surface area (Å²) in [5.74, 6) is 2.00. The van der Waals surface area contributed by atoms with E-state index in [1.807, 2.05) is 6.07 Å². The first-order valence-corrected chi connectivity index (χ1v) is 8.75. The van der Waals surface area contributed by atoms with E-state index in [-0.39, 0.29) is 18.6 Å². The number of aliphatic hydroxyl groups excluding tert-OH is 1. The summed E-state index contributed by atoms with van der Waals surface area (Å²) in [5, 5.41) is 20.7. The minimum Gasteiger partial charge on any atom is -0.392 e. The fourth-order valence-electron chi connectivity index (χ4n) is 3.73. The predicted molar refractivity (Wildman–Crippen MR) is 92.6 cm³/mol. The van der Waals surface area contributed by atoms with Crippen molar-refractivity contribution in [2.75, 3.05) is 26.4 Å². The second-order valence-corrected chi connectivity index (χ2v) is 6.56. The average Bonchev–Trinajstić information content (AvgIpc) is 3.08. The van der Waals surface area contributed by atoms with Crippen molar-refractivity contribution >= 4 is 5.84 Å². The van der Waals surface area contributed by atoms with Crippen molar-refractivity contribution in [3.63, 3.8) is 0 Å². The Morgan fingerprint density at radius 1 is 1.30 bits per heavy atom. The molecular formula is C18H29N4O+. The van der Waals surface area contributed by atoms with E-state index in [9.17, 15) is 5.11 Å². The summed E-state index contributed by atoms with van der Waals surface area (Å²) < 4.78 is 2.36. The Morgan fingerprint density at radius 3 is 2.78 bits per heavy atom. The van der Waals surface area contributed by atoms with Crippen molar-refractivity contribution in [3.05, 3.63) is 35.9 Å². The molecule has 0 spiro atoms. The molecule has 0 amide bonds. The Labute approximate surface area is 138 Å².